The van der Waals surface area contributed by atoms with Crippen LogP contribution in [0.4, 0.5) is 10.5 Å². The largest absolute Gasteiger partial charge is 0.465 e. The van der Waals surface area contributed by atoms with Gasteiger partial charge in [0.15, 0.2) is 0 Å². The van der Waals surface area contributed by atoms with E-state index in [-0.39, 0.29) is 5.91 Å². The first kappa shape index (κ1) is 15.4. The molecule has 21 heavy (non-hydrogen) atoms. The van der Waals surface area contributed by atoms with Gasteiger partial charge in [0.05, 0.1) is 0 Å². The van der Waals surface area contributed by atoms with E-state index < -0.39 is 6.09 Å². The highest BCUT2D eigenvalue weighted by Crippen LogP contribution is 2.29. The van der Waals surface area contributed by atoms with Gasteiger partial charge in [-0.3, -0.25) is 4.79 Å². The molecule has 0 saturated carbocycles. The van der Waals surface area contributed by atoms with Crippen LogP contribution in [0.2, 0.25) is 0 Å². The molecule has 2 rings (SSSR count). The SMILES string of the molecule is CC(C)CC(=O)N1CCCc2cc(CNC(=O)O)ccc21. The molecule has 1 aromatic rings. The average Bonchev–Trinajstić information content (AvgIpc) is 2.43. The van der Waals surface area contributed by atoms with Crippen molar-refractivity contribution in [3.8, 4) is 0 Å². The summed E-state index contributed by atoms with van der Waals surface area (Å²) in [5.41, 5.74) is 3.03. The lowest BCUT2D eigenvalue weighted by atomic mass is 9.98. The number of hydrogen-bond acceptors (Lipinski definition) is 2. The van der Waals surface area contributed by atoms with E-state index in [2.05, 4.69) is 5.32 Å². The van der Waals surface area contributed by atoms with Crippen LogP contribution in [0, 0.1) is 5.92 Å². The van der Waals surface area contributed by atoms with Crippen LogP contribution in [0.5, 0.6) is 0 Å². The van der Waals surface area contributed by atoms with Gasteiger partial charge >= 0.3 is 6.09 Å². The van der Waals surface area contributed by atoms with Crippen molar-refractivity contribution in [1.29, 1.82) is 0 Å². The van der Waals surface area contributed by atoms with Crippen LogP contribution in [0.3, 0.4) is 0 Å². The number of aryl methyl sites for hydroxylation is 1. The number of amides is 2. The molecule has 5 heteroatoms. The maximum Gasteiger partial charge on any atom is 0.404 e. The summed E-state index contributed by atoms with van der Waals surface area (Å²) in [6.07, 6.45) is 1.41. The summed E-state index contributed by atoms with van der Waals surface area (Å²) in [6, 6.07) is 5.82. The fourth-order valence-corrected chi connectivity index (χ4v) is 2.66. The number of carbonyl (C=O) groups excluding carboxylic acids is 1. The number of rotatable bonds is 4. The number of anilines is 1. The maximum atomic E-state index is 12.3. The molecule has 114 valence electrons. The zero-order chi connectivity index (χ0) is 15.4. The predicted octanol–water partition coefficient (Wildman–Crippen LogP) is 2.78. The van der Waals surface area contributed by atoms with E-state index >= 15 is 0 Å². The molecule has 0 atom stereocenters. The minimum Gasteiger partial charge on any atom is -0.465 e. The average molecular weight is 290 g/mol. The van der Waals surface area contributed by atoms with E-state index in [0.717, 1.165) is 36.2 Å². The summed E-state index contributed by atoms with van der Waals surface area (Å²) in [5, 5.41) is 11.0. The molecule has 0 aliphatic carbocycles. The highest BCUT2D eigenvalue weighted by Gasteiger charge is 2.23. The molecule has 0 spiro atoms. The Morgan fingerprint density at radius 2 is 2.14 bits per heavy atom. The number of fused-ring (bicyclic) bond motifs is 1. The summed E-state index contributed by atoms with van der Waals surface area (Å²) in [7, 11) is 0. The van der Waals surface area contributed by atoms with Crippen molar-refractivity contribution in [2.24, 2.45) is 5.92 Å². The van der Waals surface area contributed by atoms with Crippen molar-refractivity contribution >= 4 is 17.7 Å². The zero-order valence-corrected chi connectivity index (χ0v) is 12.6. The highest BCUT2D eigenvalue weighted by molar-refractivity contribution is 5.94. The molecule has 2 N–H and O–H groups in total. The summed E-state index contributed by atoms with van der Waals surface area (Å²) < 4.78 is 0. The molecule has 2 amide bonds. The zero-order valence-electron chi connectivity index (χ0n) is 12.6. The molecule has 1 aliphatic heterocycles. The van der Waals surface area contributed by atoms with Gasteiger partial charge in [0.25, 0.3) is 0 Å². The number of carboxylic acid groups (broad SMARTS) is 1. The van der Waals surface area contributed by atoms with Gasteiger partial charge in [-0.25, -0.2) is 4.79 Å². The first-order chi connectivity index (χ1) is 9.97. The monoisotopic (exact) mass is 290 g/mol. The second-order valence-electron chi connectivity index (χ2n) is 5.87. The first-order valence-corrected chi connectivity index (χ1v) is 7.36. The number of nitrogens with one attached hydrogen (secondary N) is 1. The summed E-state index contributed by atoms with van der Waals surface area (Å²) in [4.78, 5) is 24.7. The standard InChI is InChI=1S/C16H22N2O3/c1-11(2)8-15(19)18-7-3-4-13-9-12(5-6-14(13)18)10-17-16(20)21/h5-6,9,11,17H,3-4,7-8,10H2,1-2H3,(H,20,21). The van der Waals surface area contributed by atoms with Crippen molar-refractivity contribution in [1.82, 2.24) is 5.32 Å². The Balaban J connectivity index is 2.16. The lowest BCUT2D eigenvalue weighted by Gasteiger charge is -2.30. The molecule has 0 fully saturated rings. The third kappa shape index (κ3) is 3.97. The Morgan fingerprint density at radius 1 is 1.38 bits per heavy atom. The third-order valence-electron chi connectivity index (χ3n) is 3.59. The fourth-order valence-electron chi connectivity index (χ4n) is 2.66. The van der Waals surface area contributed by atoms with Gasteiger partial charge in [-0.05, 0) is 36.0 Å². The molecule has 0 unspecified atom stereocenters. The number of nitrogens with zero attached hydrogens (tertiary/aromatic N) is 1. The molecule has 0 radical (unpaired) electrons. The van der Waals surface area contributed by atoms with E-state index in [9.17, 15) is 9.59 Å². The lowest BCUT2D eigenvalue weighted by Crippen LogP contribution is -2.36. The van der Waals surface area contributed by atoms with Crippen LogP contribution in [-0.4, -0.2) is 23.7 Å². The van der Waals surface area contributed by atoms with Crippen molar-refractivity contribution in [3.63, 3.8) is 0 Å². The maximum absolute atomic E-state index is 12.3. The fraction of sp³-hybridized carbons (Fsp3) is 0.500. The molecule has 1 heterocycles. The van der Waals surface area contributed by atoms with Crippen LogP contribution in [0.15, 0.2) is 18.2 Å². The molecular weight excluding hydrogens is 268 g/mol. The molecule has 1 aromatic carbocycles. The Hall–Kier alpha value is -2.04. The van der Waals surface area contributed by atoms with Gasteiger partial charge in [-0.1, -0.05) is 26.0 Å². The molecule has 0 bridgehead atoms. The topological polar surface area (TPSA) is 69.6 Å². The van der Waals surface area contributed by atoms with Crippen LogP contribution >= 0.6 is 0 Å². The van der Waals surface area contributed by atoms with Crippen molar-refractivity contribution < 1.29 is 14.7 Å². The quantitative estimate of drug-likeness (QED) is 0.895. The van der Waals surface area contributed by atoms with Crippen LogP contribution in [0.25, 0.3) is 0 Å². The van der Waals surface area contributed by atoms with E-state index in [1.165, 1.54) is 0 Å². The van der Waals surface area contributed by atoms with Gasteiger partial charge in [0.2, 0.25) is 5.91 Å². The minimum atomic E-state index is -1.03. The van der Waals surface area contributed by atoms with Crippen molar-refractivity contribution in [3.05, 3.63) is 29.3 Å². The third-order valence-corrected chi connectivity index (χ3v) is 3.59. The molecule has 0 saturated heterocycles. The summed E-state index contributed by atoms with van der Waals surface area (Å²) in [6.45, 7) is 5.15. The second-order valence-corrected chi connectivity index (χ2v) is 5.87. The van der Waals surface area contributed by atoms with Gasteiger partial charge in [0, 0.05) is 25.2 Å². The minimum absolute atomic E-state index is 0.169. The van der Waals surface area contributed by atoms with E-state index in [1.807, 2.05) is 36.9 Å². The van der Waals surface area contributed by atoms with Crippen LogP contribution < -0.4 is 10.2 Å². The van der Waals surface area contributed by atoms with Crippen molar-refractivity contribution in [2.75, 3.05) is 11.4 Å². The summed E-state index contributed by atoms with van der Waals surface area (Å²) in [5.74, 6) is 0.518. The van der Waals surface area contributed by atoms with Gasteiger partial charge < -0.3 is 15.3 Å². The lowest BCUT2D eigenvalue weighted by molar-refractivity contribution is -0.119. The van der Waals surface area contributed by atoms with E-state index in [1.54, 1.807) is 0 Å². The van der Waals surface area contributed by atoms with Crippen LogP contribution in [-0.2, 0) is 17.8 Å². The number of carbonyl (C=O) groups is 2. The Kier molecular flexibility index (Phi) is 4.83. The molecular formula is C16H22N2O3. The van der Waals surface area contributed by atoms with Crippen molar-refractivity contribution in [2.45, 2.75) is 39.7 Å². The van der Waals surface area contributed by atoms with Gasteiger partial charge in [-0.15, -0.1) is 0 Å². The van der Waals surface area contributed by atoms with E-state index in [0.29, 0.717) is 18.9 Å². The molecule has 5 nitrogen and oxygen atoms in total. The highest BCUT2D eigenvalue weighted by atomic mass is 16.4. The molecule has 1 aliphatic rings. The Bertz CT molecular complexity index is 540. The number of benzene rings is 1. The predicted molar refractivity (Wildman–Crippen MR) is 81.4 cm³/mol. The Labute approximate surface area is 125 Å². The van der Waals surface area contributed by atoms with Gasteiger partial charge in [-0.2, -0.15) is 0 Å². The smallest absolute Gasteiger partial charge is 0.404 e. The Morgan fingerprint density at radius 3 is 2.81 bits per heavy atom. The normalized spacial score (nSPS) is 14.0. The first-order valence-electron chi connectivity index (χ1n) is 7.36. The summed E-state index contributed by atoms with van der Waals surface area (Å²) >= 11 is 0. The van der Waals surface area contributed by atoms with Gasteiger partial charge in [0.1, 0.15) is 0 Å². The second kappa shape index (κ2) is 6.61. The van der Waals surface area contributed by atoms with E-state index in [4.69, 9.17) is 5.11 Å². The molecule has 0 aromatic heterocycles. The number of hydrogen-bond donors (Lipinski definition) is 2. The van der Waals surface area contributed by atoms with Crippen LogP contribution in [0.1, 0.15) is 37.8 Å².